The number of rotatable bonds is 7. The molecular formula is C23H31N5O2. The molecule has 1 aromatic rings. The van der Waals surface area contributed by atoms with Crippen molar-refractivity contribution in [2.45, 2.75) is 44.8 Å². The van der Waals surface area contributed by atoms with Crippen LogP contribution in [0.1, 0.15) is 38.7 Å². The van der Waals surface area contributed by atoms with Crippen LogP contribution >= 0.6 is 0 Å². The minimum absolute atomic E-state index is 0.194. The zero-order valence-corrected chi connectivity index (χ0v) is 18.1. The third kappa shape index (κ3) is 5.23. The van der Waals surface area contributed by atoms with Crippen molar-refractivity contribution >= 4 is 11.8 Å². The van der Waals surface area contributed by atoms with Gasteiger partial charge in [-0.25, -0.2) is 4.79 Å². The molecule has 3 rings (SSSR count). The van der Waals surface area contributed by atoms with E-state index in [2.05, 4.69) is 16.3 Å². The molecule has 1 N–H and O–H groups in total. The van der Waals surface area contributed by atoms with Gasteiger partial charge in [0, 0.05) is 38.4 Å². The van der Waals surface area contributed by atoms with Crippen LogP contribution in [0.25, 0.3) is 0 Å². The largest absolute Gasteiger partial charge is 0.428 e. The summed E-state index contributed by atoms with van der Waals surface area (Å²) in [6, 6.07) is 11.9. The number of benzene rings is 1. The maximum Gasteiger partial charge on any atom is 0.411 e. The predicted molar refractivity (Wildman–Crippen MR) is 115 cm³/mol. The number of hydrogen-bond acceptors (Lipinski definition) is 6. The number of fused-ring (bicyclic) bond motifs is 2. The summed E-state index contributed by atoms with van der Waals surface area (Å²) in [4.78, 5) is 16.8. The highest BCUT2D eigenvalue weighted by Crippen LogP contribution is 2.40. The Morgan fingerprint density at radius 1 is 1.23 bits per heavy atom. The van der Waals surface area contributed by atoms with Crippen LogP contribution in [0.4, 0.5) is 10.5 Å². The molecule has 30 heavy (non-hydrogen) atoms. The molecule has 2 aliphatic rings. The Kier molecular flexibility index (Phi) is 6.84. The van der Waals surface area contributed by atoms with E-state index in [1.165, 1.54) is 0 Å². The maximum absolute atomic E-state index is 12.5. The Morgan fingerprint density at radius 3 is 2.43 bits per heavy atom. The van der Waals surface area contributed by atoms with Crippen molar-refractivity contribution in [3.8, 4) is 12.1 Å². The van der Waals surface area contributed by atoms with Gasteiger partial charge in [0.25, 0.3) is 0 Å². The van der Waals surface area contributed by atoms with Gasteiger partial charge in [-0.2, -0.15) is 10.5 Å². The van der Waals surface area contributed by atoms with E-state index in [4.69, 9.17) is 15.3 Å². The number of nitrogens with one attached hydrogen (secondary N) is 1. The lowest BCUT2D eigenvalue weighted by Crippen LogP contribution is -2.54. The zero-order chi connectivity index (χ0) is 21.7. The van der Waals surface area contributed by atoms with Crippen LogP contribution in [-0.4, -0.2) is 60.8 Å². The molecule has 2 unspecified atom stereocenters. The molecule has 1 saturated carbocycles. The number of anilines is 1. The number of nitriles is 2. The quantitative estimate of drug-likeness (QED) is 0.694. The smallest absolute Gasteiger partial charge is 0.411 e. The summed E-state index contributed by atoms with van der Waals surface area (Å²) in [5, 5.41) is 21.4. The molecule has 1 saturated heterocycles. The molecule has 1 aliphatic carbocycles. The first-order valence-electron chi connectivity index (χ1n) is 10.7. The van der Waals surface area contributed by atoms with Crippen molar-refractivity contribution in [2.24, 2.45) is 11.8 Å². The van der Waals surface area contributed by atoms with Gasteiger partial charge in [0.15, 0.2) is 5.60 Å². The number of hydrogen-bond donors (Lipinski definition) is 1. The molecule has 0 radical (unpaired) electrons. The number of amides is 1. The first-order valence-corrected chi connectivity index (χ1v) is 10.7. The number of piperidine rings is 1. The van der Waals surface area contributed by atoms with Crippen LogP contribution in [0.2, 0.25) is 0 Å². The summed E-state index contributed by atoms with van der Waals surface area (Å²) < 4.78 is 5.38. The van der Waals surface area contributed by atoms with E-state index in [1.54, 1.807) is 18.7 Å². The highest BCUT2D eigenvalue weighted by Gasteiger charge is 2.45. The predicted octanol–water partition coefficient (Wildman–Crippen LogP) is 3.44. The normalized spacial score (nSPS) is 23.3. The molecule has 1 aliphatic heterocycles. The second-order valence-electron chi connectivity index (χ2n) is 8.92. The molecule has 7 heteroatoms. The van der Waals surface area contributed by atoms with Gasteiger partial charge in [0.05, 0.1) is 11.6 Å². The molecule has 1 heterocycles. The molecule has 2 bridgehead atoms. The zero-order valence-electron chi connectivity index (χ0n) is 18.1. The third-order valence-electron chi connectivity index (χ3n) is 6.20. The lowest BCUT2D eigenvalue weighted by molar-refractivity contribution is 0.0140. The molecule has 7 nitrogen and oxygen atoms in total. The monoisotopic (exact) mass is 409 g/mol. The summed E-state index contributed by atoms with van der Waals surface area (Å²) in [6.07, 6.45) is 2.91. The Hall–Kier alpha value is -2.77. The SMILES string of the molecule is CN(C(=O)OC(C)(C)C#N)C1C2CCC1CN(CCCNc1ccc(C#N)cc1)C2. The van der Waals surface area contributed by atoms with Crippen LogP contribution in [0, 0.1) is 34.5 Å². The molecule has 2 atom stereocenters. The fourth-order valence-corrected chi connectivity index (χ4v) is 4.74. The number of carbonyl (C=O) groups is 1. The Balaban J connectivity index is 1.44. The number of carbonyl (C=O) groups excluding carboxylic acids is 1. The Labute approximate surface area is 179 Å². The van der Waals surface area contributed by atoms with E-state index in [9.17, 15) is 4.79 Å². The van der Waals surface area contributed by atoms with Gasteiger partial charge in [-0.1, -0.05) is 0 Å². The first kappa shape index (κ1) is 21.9. The third-order valence-corrected chi connectivity index (χ3v) is 6.20. The van der Waals surface area contributed by atoms with Gasteiger partial charge >= 0.3 is 6.09 Å². The Morgan fingerprint density at radius 2 is 1.87 bits per heavy atom. The minimum Gasteiger partial charge on any atom is -0.428 e. The molecule has 1 aromatic carbocycles. The van der Waals surface area contributed by atoms with Gasteiger partial charge in [-0.15, -0.1) is 0 Å². The second kappa shape index (κ2) is 9.36. The summed E-state index contributed by atoms with van der Waals surface area (Å²) in [5.74, 6) is 0.913. The van der Waals surface area contributed by atoms with Crippen LogP contribution in [0.15, 0.2) is 24.3 Å². The van der Waals surface area contributed by atoms with Crippen LogP contribution in [0.3, 0.4) is 0 Å². The van der Waals surface area contributed by atoms with Crippen molar-refractivity contribution in [1.82, 2.24) is 9.80 Å². The van der Waals surface area contributed by atoms with E-state index < -0.39 is 11.7 Å². The van der Waals surface area contributed by atoms with Gasteiger partial charge in [-0.05, 0) is 75.8 Å². The van der Waals surface area contributed by atoms with Crippen LogP contribution in [0.5, 0.6) is 0 Å². The highest BCUT2D eigenvalue weighted by atomic mass is 16.6. The van der Waals surface area contributed by atoms with Gasteiger partial charge in [-0.3, -0.25) is 0 Å². The van der Waals surface area contributed by atoms with Gasteiger partial charge in [0.1, 0.15) is 6.07 Å². The fourth-order valence-electron chi connectivity index (χ4n) is 4.74. The summed E-state index contributed by atoms with van der Waals surface area (Å²) in [7, 11) is 1.81. The topological polar surface area (TPSA) is 92.4 Å². The van der Waals surface area contributed by atoms with Crippen molar-refractivity contribution in [3.63, 3.8) is 0 Å². The van der Waals surface area contributed by atoms with E-state index >= 15 is 0 Å². The molecule has 2 fully saturated rings. The summed E-state index contributed by atoms with van der Waals surface area (Å²) >= 11 is 0. The minimum atomic E-state index is -1.10. The van der Waals surface area contributed by atoms with Gasteiger partial charge in [0.2, 0.25) is 0 Å². The lowest BCUT2D eigenvalue weighted by atomic mass is 9.91. The molecule has 1 amide bonds. The van der Waals surface area contributed by atoms with E-state index in [-0.39, 0.29) is 6.04 Å². The Bertz CT molecular complexity index is 809. The first-order chi connectivity index (χ1) is 14.3. The molecule has 160 valence electrons. The average Bonchev–Trinajstić information content (AvgIpc) is 3.00. The maximum atomic E-state index is 12.5. The summed E-state index contributed by atoms with van der Waals surface area (Å²) in [6.45, 7) is 7.13. The van der Waals surface area contributed by atoms with Crippen molar-refractivity contribution in [1.29, 1.82) is 10.5 Å². The summed E-state index contributed by atoms with van der Waals surface area (Å²) in [5.41, 5.74) is 0.602. The van der Waals surface area contributed by atoms with Crippen LogP contribution in [-0.2, 0) is 4.74 Å². The standard InChI is InChI=1S/C23H31N5O2/c1-23(2,16-25)30-22(29)27(3)21-18-7-8-19(21)15-28(14-18)12-4-11-26-20-9-5-17(13-24)6-10-20/h5-6,9-10,18-19,21,26H,4,7-8,11-12,14-15H2,1-3H3. The van der Waals surface area contributed by atoms with Gasteiger partial charge < -0.3 is 19.9 Å². The van der Waals surface area contributed by atoms with E-state index in [0.717, 1.165) is 51.1 Å². The van der Waals surface area contributed by atoms with E-state index in [1.807, 2.05) is 37.4 Å². The molecule has 0 spiro atoms. The number of likely N-dealkylation sites (tertiary alicyclic amines) is 1. The second-order valence-corrected chi connectivity index (χ2v) is 8.92. The van der Waals surface area contributed by atoms with Crippen molar-refractivity contribution < 1.29 is 9.53 Å². The average molecular weight is 410 g/mol. The molecular weight excluding hydrogens is 378 g/mol. The number of nitrogens with zero attached hydrogens (tertiary/aromatic N) is 4. The van der Waals surface area contributed by atoms with Crippen molar-refractivity contribution in [3.05, 3.63) is 29.8 Å². The lowest BCUT2D eigenvalue weighted by Gasteiger charge is -2.42. The van der Waals surface area contributed by atoms with Crippen LogP contribution < -0.4 is 5.32 Å². The number of ether oxygens (including phenoxy) is 1. The van der Waals surface area contributed by atoms with Crippen molar-refractivity contribution in [2.75, 3.05) is 38.5 Å². The molecule has 0 aromatic heterocycles. The fraction of sp³-hybridized carbons (Fsp3) is 0.609. The highest BCUT2D eigenvalue weighted by molar-refractivity contribution is 5.68. The van der Waals surface area contributed by atoms with E-state index in [0.29, 0.717) is 17.4 Å².